The topological polar surface area (TPSA) is 43.4 Å². The molecule has 2 aromatic carbocycles. The molecule has 2 aromatic rings. The molecule has 0 saturated heterocycles. The van der Waals surface area contributed by atoms with E-state index >= 15 is 0 Å². The van der Waals surface area contributed by atoms with E-state index in [0.29, 0.717) is 30.6 Å². The summed E-state index contributed by atoms with van der Waals surface area (Å²) in [5, 5.41) is 0. The molecular formula is C26H26O3. The number of carbonyl (C=O) groups is 2. The Balaban J connectivity index is 1.74. The van der Waals surface area contributed by atoms with Gasteiger partial charge in [-0.15, -0.1) is 0 Å². The molecule has 0 unspecified atom stereocenters. The second-order valence-corrected chi connectivity index (χ2v) is 8.79. The van der Waals surface area contributed by atoms with Gasteiger partial charge in [-0.25, -0.2) is 0 Å². The molecule has 1 aliphatic heterocycles. The first-order valence-electron chi connectivity index (χ1n) is 10.2. The standard InChI is InChI=1S/C26H26O3/c1-26(2)16-22(27)24-20(14-13-18-9-5-3-6-10-18)21(25(28)29-23(24)17-26)15-19-11-7-4-8-12-19/h3-14,20-21H,15-17H2,1-2H3/b14-13+/t20-,21+/m0/s1. The molecule has 0 saturated carbocycles. The molecule has 0 spiro atoms. The molecule has 0 amide bonds. The number of esters is 1. The average Bonchev–Trinajstić information content (AvgIpc) is 2.68. The molecule has 2 aliphatic rings. The maximum Gasteiger partial charge on any atom is 0.315 e. The fourth-order valence-corrected chi connectivity index (χ4v) is 4.37. The van der Waals surface area contributed by atoms with Crippen molar-refractivity contribution in [3.05, 3.63) is 89.2 Å². The third kappa shape index (κ3) is 4.24. The van der Waals surface area contributed by atoms with Gasteiger partial charge in [0.25, 0.3) is 0 Å². The largest absolute Gasteiger partial charge is 0.430 e. The number of benzene rings is 2. The zero-order valence-electron chi connectivity index (χ0n) is 16.9. The first-order chi connectivity index (χ1) is 13.9. The lowest BCUT2D eigenvalue weighted by Gasteiger charge is -2.39. The highest BCUT2D eigenvalue weighted by Crippen LogP contribution is 2.45. The van der Waals surface area contributed by atoms with Gasteiger partial charge >= 0.3 is 5.97 Å². The molecule has 0 N–H and O–H groups in total. The van der Waals surface area contributed by atoms with Crippen molar-refractivity contribution >= 4 is 17.8 Å². The molecule has 148 valence electrons. The molecule has 29 heavy (non-hydrogen) atoms. The normalized spacial score (nSPS) is 23.8. The molecule has 4 rings (SSSR count). The van der Waals surface area contributed by atoms with Gasteiger partial charge in [0.2, 0.25) is 0 Å². The number of hydrogen-bond acceptors (Lipinski definition) is 3. The van der Waals surface area contributed by atoms with Crippen molar-refractivity contribution in [1.82, 2.24) is 0 Å². The Bertz CT molecular complexity index is 968. The molecule has 3 nitrogen and oxygen atoms in total. The molecule has 0 aromatic heterocycles. The Morgan fingerprint density at radius 3 is 2.31 bits per heavy atom. The van der Waals surface area contributed by atoms with E-state index in [4.69, 9.17) is 4.74 Å². The van der Waals surface area contributed by atoms with Crippen LogP contribution >= 0.6 is 0 Å². The summed E-state index contributed by atoms with van der Waals surface area (Å²) in [4.78, 5) is 26.1. The van der Waals surface area contributed by atoms with E-state index in [1.165, 1.54) is 0 Å². The third-order valence-electron chi connectivity index (χ3n) is 5.77. The smallest absolute Gasteiger partial charge is 0.315 e. The summed E-state index contributed by atoms with van der Waals surface area (Å²) in [5.41, 5.74) is 2.63. The van der Waals surface area contributed by atoms with E-state index in [9.17, 15) is 9.59 Å². The van der Waals surface area contributed by atoms with Gasteiger partial charge < -0.3 is 4.74 Å². The van der Waals surface area contributed by atoms with Crippen molar-refractivity contribution in [2.24, 2.45) is 17.3 Å². The van der Waals surface area contributed by atoms with Crippen molar-refractivity contribution in [1.29, 1.82) is 0 Å². The Kier molecular flexibility index (Phi) is 5.23. The van der Waals surface area contributed by atoms with Crippen LogP contribution in [0.1, 0.15) is 37.8 Å². The van der Waals surface area contributed by atoms with Crippen LogP contribution in [-0.4, -0.2) is 11.8 Å². The highest BCUT2D eigenvalue weighted by atomic mass is 16.5. The number of Topliss-reactive ketones (excluding diaryl/α,β-unsaturated/α-hetero) is 1. The zero-order chi connectivity index (χ0) is 20.4. The highest BCUT2D eigenvalue weighted by molar-refractivity contribution is 6.00. The van der Waals surface area contributed by atoms with Crippen molar-refractivity contribution in [3.8, 4) is 0 Å². The molecule has 1 aliphatic carbocycles. The van der Waals surface area contributed by atoms with Gasteiger partial charge in [-0.3, -0.25) is 9.59 Å². The van der Waals surface area contributed by atoms with Crippen LogP contribution in [0, 0.1) is 17.3 Å². The summed E-state index contributed by atoms with van der Waals surface area (Å²) in [6.07, 6.45) is 5.69. The fraction of sp³-hybridized carbons (Fsp3) is 0.308. The lowest BCUT2D eigenvalue weighted by atomic mass is 9.69. The molecule has 0 bridgehead atoms. The summed E-state index contributed by atoms with van der Waals surface area (Å²) >= 11 is 0. The van der Waals surface area contributed by atoms with Crippen molar-refractivity contribution in [2.45, 2.75) is 33.1 Å². The molecule has 1 heterocycles. The van der Waals surface area contributed by atoms with Crippen LogP contribution in [0.5, 0.6) is 0 Å². The van der Waals surface area contributed by atoms with Gasteiger partial charge in [-0.1, -0.05) is 86.7 Å². The molecule has 3 heteroatoms. The van der Waals surface area contributed by atoms with Gasteiger partial charge in [0.1, 0.15) is 5.76 Å². The van der Waals surface area contributed by atoms with E-state index in [1.54, 1.807) is 0 Å². The molecule has 2 atom stereocenters. The van der Waals surface area contributed by atoms with Crippen LogP contribution in [0.2, 0.25) is 0 Å². The Labute approximate surface area is 172 Å². The van der Waals surface area contributed by atoms with E-state index < -0.39 is 5.92 Å². The van der Waals surface area contributed by atoms with E-state index in [2.05, 4.69) is 0 Å². The minimum atomic E-state index is -0.402. The first kappa shape index (κ1) is 19.4. The lowest BCUT2D eigenvalue weighted by Crippen LogP contribution is -2.40. The van der Waals surface area contributed by atoms with Crippen molar-refractivity contribution in [2.75, 3.05) is 0 Å². The third-order valence-corrected chi connectivity index (χ3v) is 5.77. The molecular weight excluding hydrogens is 360 g/mol. The summed E-state index contributed by atoms with van der Waals surface area (Å²) in [6, 6.07) is 19.9. The van der Waals surface area contributed by atoms with Crippen LogP contribution in [0.25, 0.3) is 6.08 Å². The Morgan fingerprint density at radius 2 is 1.62 bits per heavy atom. The number of ether oxygens (including phenoxy) is 1. The quantitative estimate of drug-likeness (QED) is 0.663. The Morgan fingerprint density at radius 1 is 0.966 bits per heavy atom. The fourth-order valence-electron chi connectivity index (χ4n) is 4.37. The van der Waals surface area contributed by atoms with Gasteiger partial charge in [0, 0.05) is 24.3 Å². The number of rotatable bonds is 4. The van der Waals surface area contributed by atoms with Gasteiger partial charge in [0.15, 0.2) is 5.78 Å². The van der Waals surface area contributed by atoms with Crippen LogP contribution in [-0.2, 0) is 20.7 Å². The summed E-state index contributed by atoms with van der Waals surface area (Å²) < 4.78 is 5.75. The maximum atomic E-state index is 13.1. The van der Waals surface area contributed by atoms with E-state index in [-0.39, 0.29) is 23.1 Å². The predicted octanol–water partition coefficient (Wildman–Crippen LogP) is 5.37. The molecule has 0 fully saturated rings. The number of hydrogen-bond donors (Lipinski definition) is 0. The maximum absolute atomic E-state index is 13.1. The van der Waals surface area contributed by atoms with E-state index in [0.717, 1.165) is 11.1 Å². The minimum Gasteiger partial charge on any atom is -0.430 e. The van der Waals surface area contributed by atoms with Crippen LogP contribution in [0.3, 0.4) is 0 Å². The van der Waals surface area contributed by atoms with Crippen LogP contribution in [0.15, 0.2) is 78.1 Å². The summed E-state index contributed by atoms with van der Waals surface area (Å²) in [6.45, 7) is 4.10. The number of allylic oxidation sites excluding steroid dienone is 3. The SMILES string of the molecule is CC1(C)CC(=O)C2=C(C1)OC(=O)[C@H](Cc1ccccc1)[C@@H]2/C=C/c1ccccc1. The van der Waals surface area contributed by atoms with Crippen molar-refractivity contribution < 1.29 is 14.3 Å². The Hall–Kier alpha value is -2.94. The van der Waals surface area contributed by atoms with Gasteiger partial charge in [-0.05, 0) is 23.0 Å². The van der Waals surface area contributed by atoms with Crippen molar-refractivity contribution in [3.63, 3.8) is 0 Å². The summed E-state index contributed by atoms with van der Waals surface area (Å²) in [5.74, 6) is -0.231. The van der Waals surface area contributed by atoms with Crippen LogP contribution < -0.4 is 0 Å². The molecule has 0 radical (unpaired) electrons. The monoisotopic (exact) mass is 386 g/mol. The van der Waals surface area contributed by atoms with Gasteiger partial charge in [0.05, 0.1) is 5.92 Å². The highest BCUT2D eigenvalue weighted by Gasteiger charge is 2.45. The predicted molar refractivity (Wildman–Crippen MR) is 114 cm³/mol. The first-order valence-corrected chi connectivity index (χ1v) is 10.2. The summed E-state index contributed by atoms with van der Waals surface area (Å²) in [7, 11) is 0. The minimum absolute atomic E-state index is 0.101. The number of ketones is 1. The second kappa shape index (κ2) is 7.82. The van der Waals surface area contributed by atoms with E-state index in [1.807, 2.05) is 86.7 Å². The lowest BCUT2D eigenvalue weighted by molar-refractivity contribution is -0.149. The second-order valence-electron chi connectivity index (χ2n) is 8.79. The zero-order valence-corrected chi connectivity index (χ0v) is 16.9. The average molecular weight is 386 g/mol. The number of carbonyl (C=O) groups excluding carboxylic acids is 2. The van der Waals surface area contributed by atoms with Gasteiger partial charge in [-0.2, -0.15) is 0 Å². The van der Waals surface area contributed by atoms with Crippen LogP contribution in [0.4, 0.5) is 0 Å².